The number of hydrogen-bond acceptors (Lipinski definition) is 4. The van der Waals surface area contributed by atoms with Gasteiger partial charge in [0.05, 0.1) is 22.1 Å². The number of aromatic nitrogens is 3. The van der Waals surface area contributed by atoms with Crippen molar-refractivity contribution in [2.45, 2.75) is 13.1 Å². The van der Waals surface area contributed by atoms with Crippen LogP contribution in [0.2, 0.25) is 10.0 Å². The molecule has 0 aliphatic heterocycles. The normalized spacial score (nSPS) is 10.9. The summed E-state index contributed by atoms with van der Waals surface area (Å²) in [5.41, 5.74) is 0.506. The molecule has 0 saturated carbocycles. The molecule has 0 radical (unpaired) electrons. The summed E-state index contributed by atoms with van der Waals surface area (Å²) in [7, 11) is 0. The number of halogens is 2. The second-order valence-electron chi connectivity index (χ2n) is 6.79. The summed E-state index contributed by atoms with van der Waals surface area (Å²) < 4.78 is 2.32. The number of fused-ring (bicyclic) bond motifs is 1. The lowest BCUT2D eigenvalue weighted by Crippen LogP contribution is -2.42. The molecule has 0 saturated heterocycles. The van der Waals surface area contributed by atoms with Crippen LogP contribution in [0, 0.1) is 0 Å². The first-order valence-corrected chi connectivity index (χ1v) is 10.1. The van der Waals surface area contributed by atoms with Gasteiger partial charge in [0.2, 0.25) is 5.91 Å². The van der Waals surface area contributed by atoms with E-state index in [1.54, 1.807) is 24.3 Å². The van der Waals surface area contributed by atoms with Gasteiger partial charge < -0.3 is 5.32 Å². The highest BCUT2D eigenvalue weighted by atomic mass is 35.5. The Bertz CT molecular complexity index is 1400. The molecule has 7 nitrogen and oxygen atoms in total. The minimum Gasteiger partial charge on any atom is -0.324 e. The highest BCUT2D eigenvalue weighted by Crippen LogP contribution is 2.25. The lowest BCUT2D eigenvalue weighted by atomic mass is 10.2. The lowest BCUT2D eigenvalue weighted by Gasteiger charge is -2.14. The molecule has 1 N–H and O–H groups in total. The number of carbonyl (C=O) groups excluding carboxylic acids is 1. The Kier molecular flexibility index (Phi) is 5.88. The van der Waals surface area contributed by atoms with Crippen LogP contribution >= 0.6 is 23.2 Å². The van der Waals surface area contributed by atoms with E-state index >= 15 is 0 Å². The van der Waals surface area contributed by atoms with Crippen LogP contribution in [0.5, 0.6) is 0 Å². The molecular weight excluding hydrogens is 439 g/mol. The van der Waals surface area contributed by atoms with Gasteiger partial charge in [-0.1, -0.05) is 53.5 Å². The Morgan fingerprint density at radius 2 is 1.71 bits per heavy atom. The van der Waals surface area contributed by atoms with Crippen molar-refractivity contribution in [2.75, 3.05) is 5.32 Å². The van der Waals surface area contributed by atoms with E-state index in [4.69, 9.17) is 23.2 Å². The third kappa shape index (κ3) is 4.38. The number of rotatable bonds is 5. The molecule has 2 aromatic heterocycles. The number of carbonyl (C=O) groups is 1. The molecule has 0 aliphatic carbocycles. The predicted octanol–water partition coefficient (Wildman–Crippen LogP) is 3.55. The Morgan fingerprint density at radius 1 is 0.935 bits per heavy atom. The summed E-state index contributed by atoms with van der Waals surface area (Å²) >= 11 is 11.9. The number of hydrogen-bond donors (Lipinski definition) is 1. The van der Waals surface area contributed by atoms with Crippen LogP contribution in [-0.4, -0.2) is 20.0 Å². The number of nitrogens with one attached hydrogen (secondary N) is 1. The van der Waals surface area contributed by atoms with Crippen LogP contribution in [0.25, 0.3) is 11.0 Å². The molecule has 156 valence electrons. The molecule has 0 unspecified atom stereocenters. The molecule has 0 atom stereocenters. The zero-order valence-electron chi connectivity index (χ0n) is 16.1. The van der Waals surface area contributed by atoms with Gasteiger partial charge in [0.15, 0.2) is 5.52 Å². The van der Waals surface area contributed by atoms with Gasteiger partial charge in [-0.15, -0.1) is 0 Å². The van der Waals surface area contributed by atoms with Crippen molar-refractivity contribution in [1.82, 2.24) is 14.1 Å². The highest BCUT2D eigenvalue weighted by Gasteiger charge is 2.16. The second-order valence-corrected chi connectivity index (χ2v) is 7.61. The first-order chi connectivity index (χ1) is 14.9. The van der Waals surface area contributed by atoms with Gasteiger partial charge in [0.25, 0.3) is 5.56 Å². The first kappa shape index (κ1) is 20.8. The first-order valence-electron chi connectivity index (χ1n) is 9.31. The molecule has 9 heteroatoms. The van der Waals surface area contributed by atoms with E-state index in [1.807, 2.05) is 30.3 Å². The van der Waals surface area contributed by atoms with Gasteiger partial charge in [-0.2, -0.15) is 0 Å². The molecule has 0 aliphatic rings. The van der Waals surface area contributed by atoms with E-state index in [9.17, 15) is 14.4 Å². The van der Waals surface area contributed by atoms with Gasteiger partial charge >= 0.3 is 5.69 Å². The molecular formula is C22H16Cl2N4O3. The number of amides is 1. The Balaban J connectivity index is 1.74. The summed E-state index contributed by atoms with van der Waals surface area (Å²) in [5, 5.41) is 3.34. The zero-order valence-corrected chi connectivity index (χ0v) is 17.6. The SMILES string of the molecule is O=C(Cn1c(=O)n(Cc2ccccc2)c(=O)c2ncccc21)Nc1ccc(Cl)c(Cl)c1. The largest absolute Gasteiger partial charge is 0.332 e. The van der Waals surface area contributed by atoms with Crippen LogP contribution in [0.15, 0.2) is 76.4 Å². The summed E-state index contributed by atoms with van der Waals surface area (Å²) in [4.78, 5) is 42.9. The molecule has 0 spiro atoms. The third-order valence-corrected chi connectivity index (χ3v) is 5.41. The zero-order chi connectivity index (χ0) is 22.0. The Morgan fingerprint density at radius 3 is 2.45 bits per heavy atom. The standard InChI is InChI=1S/C22H16Cl2N4O3/c23-16-9-8-15(11-17(16)24)26-19(29)13-27-18-7-4-10-25-20(18)21(30)28(22(27)31)12-14-5-2-1-3-6-14/h1-11H,12-13H2,(H,26,29). The van der Waals surface area contributed by atoms with Crippen molar-refractivity contribution >= 4 is 45.8 Å². The summed E-state index contributed by atoms with van der Waals surface area (Å²) in [6.07, 6.45) is 1.47. The predicted molar refractivity (Wildman–Crippen MR) is 121 cm³/mol. The maximum atomic E-state index is 13.2. The monoisotopic (exact) mass is 454 g/mol. The Hall–Kier alpha value is -3.42. The van der Waals surface area contributed by atoms with E-state index in [2.05, 4.69) is 10.3 Å². The minimum atomic E-state index is -0.598. The fourth-order valence-corrected chi connectivity index (χ4v) is 3.52. The fraction of sp³-hybridized carbons (Fsp3) is 0.0909. The highest BCUT2D eigenvalue weighted by molar-refractivity contribution is 6.42. The summed E-state index contributed by atoms with van der Waals surface area (Å²) in [6, 6.07) is 17.0. The second kappa shape index (κ2) is 8.75. The molecule has 2 aromatic carbocycles. The van der Waals surface area contributed by atoms with Gasteiger partial charge in [-0.05, 0) is 35.9 Å². The third-order valence-electron chi connectivity index (χ3n) is 4.68. The van der Waals surface area contributed by atoms with Crippen molar-refractivity contribution < 1.29 is 4.79 Å². The van der Waals surface area contributed by atoms with Crippen molar-refractivity contribution in [1.29, 1.82) is 0 Å². The van der Waals surface area contributed by atoms with Crippen molar-refractivity contribution in [3.63, 3.8) is 0 Å². The number of anilines is 1. The van der Waals surface area contributed by atoms with Crippen LogP contribution in [0.4, 0.5) is 5.69 Å². The smallest absolute Gasteiger partial charge is 0.324 e. The van der Waals surface area contributed by atoms with Crippen molar-refractivity contribution in [3.05, 3.63) is 103 Å². The average Bonchev–Trinajstić information content (AvgIpc) is 2.77. The molecule has 4 aromatic rings. The molecule has 0 fully saturated rings. The van der Waals surface area contributed by atoms with E-state index in [1.165, 1.54) is 16.8 Å². The van der Waals surface area contributed by atoms with Crippen molar-refractivity contribution in [3.8, 4) is 0 Å². The van der Waals surface area contributed by atoms with E-state index in [-0.39, 0.29) is 24.1 Å². The van der Waals surface area contributed by atoms with Crippen LogP contribution < -0.4 is 16.6 Å². The van der Waals surface area contributed by atoms with Gasteiger partial charge in [-0.25, -0.2) is 9.78 Å². The van der Waals surface area contributed by atoms with Gasteiger partial charge in [-0.3, -0.25) is 18.7 Å². The molecule has 0 bridgehead atoms. The number of nitrogens with zero attached hydrogens (tertiary/aromatic N) is 3. The molecule has 31 heavy (non-hydrogen) atoms. The van der Waals surface area contributed by atoms with E-state index in [0.717, 1.165) is 10.1 Å². The van der Waals surface area contributed by atoms with Crippen molar-refractivity contribution in [2.24, 2.45) is 0 Å². The number of pyridine rings is 1. The lowest BCUT2D eigenvalue weighted by molar-refractivity contribution is -0.116. The molecule has 1 amide bonds. The minimum absolute atomic E-state index is 0.0689. The van der Waals surface area contributed by atoms with Crippen LogP contribution in [0.3, 0.4) is 0 Å². The quantitative estimate of drug-likeness (QED) is 0.499. The van der Waals surface area contributed by atoms with Gasteiger partial charge in [0.1, 0.15) is 6.54 Å². The van der Waals surface area contributed by atoms with E-state index < -0.39 is 17.2 Å². The van der Waals surface area contributed by atoms with E-state index in [0.29, 0.717) is 15.7 Å². The summed E-state index contributed by atoms with van der Waals surface area (Å²) in [5.74, 6) is -0.462. The number of benzene rings is 2. The average molecular weight is 455 g/mol. The van der Waals surface area contributed by atoms with Crippen LogP contribution in [-0.2, 0) is 17.9 Å². The maximum Gasteiger partial charge on any atom is 0.332 e. The summed E-state index contributed by atoms with van der Waals surface area (Å²) in [6.45, 7) is -0.240. The van der Waals surface area contributed by atoms with Crippen LogP contribution in [0.1, 0.15) is 5.56 Å². The maximum absolute atomic E-state index is 13.2. The fourth-order valence-electron chi connectivity index (χ4n) is 3.22. The molecule has 4 rings (SSSR count). The molecule has 2 heterocycles. The topological polar surface area (TPSA) is 86.0 Å². The Labute approximate surface area is 186 Å². The van der Waals surface area contributed by atoms with Gasteiger partial charge in [0, 0.05) is 11.9 Å².